The van der Waals surface area contributed by atoms with E-state index in [1.54, 1.807) is 14.0 Å². The standard InChI is InChI=1S/C11H16N2O2/c1-8(11(12)14)13-10-5-3-4-9(6-10)7-15-2/h3-6,8,13H,7H2,1-2H3,(H2,12,14). The number of benzene rings is 1. The summed E-state index contributed by atoms with van der Waals surface area (Å²) in [5.74, 6) is -0.368. The van der Waals surface area contributed by atoms with Crippen LogP contribution in [0.15, 0.2) is 24.3 Å². The zero-order valence-corrected chi connectivity index (χ0v) is 8.99. The second kappa shape index (κ2) is 5.36. The molecule has 0 radical (unpaired) electrons. The normalized spacial score (nSPS) is 12.1. The SMILES string of the molecule is COCc1cccc(NC(C)C(N)=O)c1. The van der Waals surface area contributed by atoms with Gasteiger partial charge in [-0.15, -0.1) is 0 Å². The molecule has 4 heteroatoms. The molecule has 1 amide bonds. The predicted molar refractivity (Wildman–Crippen MR) is 59.4 cm³/mol. The van der Waals surface area contributed by atoms with Gasteiger partial charge in [-0.1, -0.05) is 12.1 Å². The summed E-state index contributed by atoms with van der Waals surface area (Å²) in [5.41, 5.74) is 7.08. The van der Waals surface area contributed by atoms with Crippen molar-refractivity contribution in [1.29, 1.82) is 0 Å². The molecule has 1 aromatic carbocycles. The van der Waals surface area contributed by atoms with Gasteiger partial charge < -0.3 is 15.8 Å². The average Bonchev–Trinajstić information content (AvgIpc) is 2.18. The van der Waals surface area contributed by atoms with E-state index >= 15 is 0 Å². The number of hydrogen-bond donors (Lipinski definition) is 2. The molecular weight excluding hydrogens is 192 g/mol. The van der Waals surface area contributed by atoms with Gasteiger partial charge in [-0.05, 0) is 24.6 Å². The third kappa shape index (κ3) is 3.59. The first kappa shape index (κ1) is 11.5. The van der Waals surface area contributed by atoms with Crippen molar-refractivity contribution >= 4 is 11.6 Å². The number of methoxy groups -OCH3 is 1. The second-order valence-corrected chi connectivity index (χ2v) is 3.40. The first-order chi connectivity index (χ1) is 7.13. The third-order valence-corrected chi connectivity index (χ3v) is 2.05. The van der Waals surface area contributed by atoms with E-state index in [-0.39, 0.29) is 11.9 Å². The Morgan fingerprint density at radius 1 is 1.60 bits per heavy atom. The molecular formula is C11H16N2O2. The maximum absolute atomic E-state index is 10.8. The number of anilines is 1. The molecule has 0 bridgehead atoms. The molecule has 3 N–H and O–H groups in total. The quantitative estimate of drug-likeness (QED) is 0.762. The van der Waals surface area contributed by atoms with Crippen molar-refractivity contribution < 1.29 is 9.53 Å². The largest absolute Gasteiger partial charge is 0.380 e. The minimum absolute atomic E-state index is 0.368. The van der Waals surface area contributed by atoms with Gasteiger partial charge in [0.15, 0.2) is 0 Å². The monoisotopic (exact) mass is 208 g/mol. The highest BCUT2D eigenvalue weighted by molar-refractivity contribution is 5.82. The van der Waals surface area contributed by atoms with Crippen molar-refractivity contribution in [2.75, 3.05) is 12.4 Å². The van der Waals surface area contributed by atoms with Crippen molar-refractivity contribution in [3.8, 4) is 0 Å². The van der Waals surface area contributed by atoms with Crippen LogP contribution in [-0.2, 0) is 16.1 Å². The van der Waals surface area contributed by atoms with E-state index in [4.69, 9.17) is 10.5 Å². The predicted octanol–water partition coefficient (Wildman–Crippen LogP) is 1.12. The highest BCUT2D eigenvalue weighted by Gasteiger charge is 2.07. The molecule has 1 rings (SSSR count). The van der Waals surface area contributed by atoms with Crippen molar-refractivity contribution in [2.45, 2.75) is 19.6 Å². The van der Waals surface area contributed by atoms with Crippen molar-refractivity contribution in [2.24, 2.45) is 5.73 Å². The number of nitrogens with two attached hydrogens (primary N) is 1. The Kier molecular flexibility index (Phi) is 4.12. The molecule has 0 saturated heterocycles. The van der Waals surface area contributed by atoms with E-state index < -0.39 is 0 Å². The average molecular weight is 208 g/mol. The summed E-state index contributed by atoms with van der Waals surface area (Å²) in [6.07, 6.45) is 0. The molecule has 15 heavy (non-hydrogen) atoms. The minimum Gasteiger partial charge on any atom is -0.380 e. The first-order valence-corrected chi connectivity index (χ1v) is 4.77. The third-order valence-electron chi connectivity index (χ3n) is 2.05. The Bertz CT molecular complexity index is 339. The molecule has 0 heterocycles. The summed E-state index contributed by atoms with van der Waals surface area (Å²) in [6, 6.07) is 7.32. The number of primary amides is 1. The van der Waals surface area contributed by atoms with Gasteiger partial charge in [0, 0.05) is 12.8 Å². The molecule has 82 valence electrons. The number of rotatable bonds is 5. The van der Waals surface area contributed by atoms with Gasteiger partial charge in [0.05, 0.1) is 6.61 Å². The number of ether oxygens (including phenoxy) is 1. The Labute approximate surface area is 89.4 Å². The Hall–Kier alpha value is -1.55. The molecule has 1 aromatic rings. The number of hydrogen-bond acceptors (Lipinski definition) is 3. The lowest BCUT2D eigenvalue weighted by molar-refractivity contribution is -0.118. The lowest BCUT2D eigenvalue weighted by Gasteiger charge is -2.12. The van der Waals surface area contributed by atoms with E-state index in [2.05, 4.69) is 5.32 Å². The highest BCUT2D eigenvalue weighted by atomic mass is 16.5. The molecule has 0 spiro atoms. The molecule has 0 saturated carbocycles. The first-order valence-electron chi connectivity index (χ1n) is 4.77. The number of carbonyl (C=O) groups is 1. The molecule has 0 aliphatic carbocycles. The molecule has 0 fully saturated rings. The molecule has 1 atom stereocenters. The second-order valence-electron chi connectivity index (χ2n) is 3.40. The van der Waals surface area contributed by atoms with E-state index in [0.29, 0.717) is 6.61 Å². The summed E-state index contributed by atoms with van der Waals surface area (Å²) in [7, 11) is 1.64. The maximum Gasteiger partial charge on any atom is 0.239 e. The fourth-order valence-corrected chi connectivity index (χ4v) is 1.24. The Morgan fingerprint density at radius 3 is 2.93 bits per heavy atom. The van der Waals surface area contributed by atoms with Crippen LogP contribution in [-0.4, -0.2) is 19.1 Å². The van der Waals surface area contributed by atoms with Crippen molar-refractivity contribution in [3.63, 3.8) is 0 Å². The van der Waals surface area contributed by atoms with Crippen LogP contribution < -0.4 is 11.1 Å². The fourth-order valence-electron chi connectivity index (χ4n) is 1.24. The molecule has 0 aliphatic rings. The highest BCUT2D eigenvalue weighted by Crippen LogP contribution is 2.12. The van der Waals surface area contributed by atoms with E-state index in [0.717, 1.165) is 11.3 Å². The van der Waals surface area contributed by atoms with Crippen LogP contribution in [0.5, 0.6) is 0 Å². The van der Waals surface area contributed by atoms with Crippen LogP contribution in [0.1, 0.15) is 12.5 Å². The smallest absolute Gasteiger partial charge is 0.239 e. The van der Waals surface area contributed by atoms with Crippen LogP contribution in [0.2, 0.25) is 0 Å². The zero-order chi connectivity index (χ0) is 11.3. The van der Waals surface area contributed by atoms with Crippen molar-refractivity contribution in [1.82, 2.24) is 0 Å². The van der Waals surface area contributed by atoms with Gasteiger partial charge in [0.2, 0.25) is 5.91 Å². The van der Waals surface area contributed by atoms with Gasteiger partial charge in [-0.3, -0.25) is 4.79 Å². The number of amides is 1. The molecule has 4 nitrogen and oxygen atoms in total. The minimum atomic E-state index is -0.372. The summed E-state index contributed by atoms with van der Waals surface area (Å²) >= 11 is 0. The number of carbonyl (C=O) groups excluding carboxylic acids is 1. The fraction of sp³-hybridized carbons (Fsp3) is 0.364. The summed E-state index contributed by atoms with van der Waals surface area (Å²) in [4.78, 5) is 10.8. The Morgan fingerprint density at radius 2 is 2.33 bits per heavy atom. The molecule has 0 aliphatic heterocycles. The van der Waals surface area contributed by atoms with Gasteiger partial charge in [0.1, 0.15) is 6.04 Å². The maximum atomic E-state index is 10.8. The Balaban J connectivity index is 2.68. The zero-order valence-electron chi connectivity index (χ0n) is 8.99. The van der Waals surface area contributed by atoms with E-state index in [1.165, 1.54) is 0 Å². The van der Waals surface area contributed by atoms with Crippen LogP contribution in [0.3, 0.4) is 0 Å². The van der Waals surface area contributed by atoms with Crippen LogP contribution in [0.4, 0.5) is 5.69 Å². The van der Waals surface area contributed by atoms with Gasteiger partial charge in [-0.2, -0.15) is 0 Å². The van der Waals surface area contributed by atoms with E-state index in [1.807, 2.05) is 24.3 Å². The summed E-state index contributed by atoms with van der Waals surface area (Å²) in [6.45, 7) is 2.28. The molecule has 0 aromatic heterocycles. The van der Waals surface area contributed by atoms with Gasteiger partial charge in [0.25, 0.3) is 0 Å². The summed E-state index contributed by atoms with van der Waals surface area (Å²) < 4.78 is 5.02. The topological polar surface area (TPSA) is 64.3 Å². The van der Waals surface area contributed by atoms with Crippen molar-refractivity contribution in [3.05, 3.63) is 29.8 Å². The van der Waals surface area contributed by atoms with Crippen LogP contribution in [0, 0.1) is 0 Å². The lowest BCUT2D eigenvalue weighted by Crippen LogP contribution is -2.32. The lowest BCUT2D eigenvalue weighted by atomic mass is 10.2. The summed E-state index contributed by atoms with van der Waals surface area (Å²) in [5, 5.41) is 3.01. The van der Waals surface area contributed by atoms with Crippen LogP contribution >= 0.6 is 0 Å². The van der Waals surface area contributed by atoms with Crippen LogP contribution in [0.25, 0.3) is 0 Å². The van der Waals surface area contributed by atoms with Gasteiger partial charge >= 0.3 is 0 Å². The van der Waals surface area contributed by atoms with E-state index in [9.17, 15) is 4.79 Å². The van der Waals surface area contributed by atoms with Gasteiger partial charge in [-0.25, -0.2) is 0 Å². The number of nitrogens with one attached hydrogen (secondary N) is 1. The molecule has 1 unspecified atom stereocenters.